The van der Waals surface area contributed by atoms with Crippen LogP contribution in [0.1, 0.15) is 37.6 Å². The number of rotatable bonds is 5. The topological polar surface area (TPSA) is 29.9 Å². The van der Waals surface area contributed by atoms with E-state index in [-0.39, 0.29) is 11.6 Å². The SMILES string of the molecule is CNCCCc1cnn(C(C)C)c1C(F)(F)F. The van der Waals surface area contributed by atoms with Gasteiger partial charge in [0.2, 0.25) is 0 Å². The van der Waals surface area contributed by atoms with Crippen molar-refractivity contribution in [2.75, 3.05) is 13.6 Å². The summed E-state index contributed by atoms with van der Waals surface area (Å²) in [6, 6.07) is -0.287. The number of hydrogen-bond acceptors (Lipinski definition) is 2. The lowest BCUT2D eigenvalue weighted by Crippen LogP contribution is -2.18. The Morgan fingerprint density at radius 3 is 2.53 bits per heavy atom. The van der Waals surface area contributed by atoms with E-state index in [1.165, 1.54) is 6.20 Å². The summed E-state index contributed by atoms with van der Waals surface area (Å²) in [6.45, 7) is 4.09. The van der Waals surface area contributed by atoms with Crippen LogP contribution in [0, 0.1) is 0 Å². The lowest BCUT2D eigenvalue weighted by Gasteiger charge is -2.15. The molecule has 0 fully saturated rings. The largest absolute Gasteiger partial charge is 0.433 e. The first-order valence-electron chi connectivity index (χ1n) is 5.66. The second-order valence-corrected chi connectivity index (χ2v) is 4.26. The molecule has 3 nitrogen and oxygen atoms in total. The fourth-order valence-corrected chi connectivity index (χ4v) is 1.74. The van der Waals surface area contributed by atoms with Gasteiger partial charge in [-0.3, -0.25) is 4.68 Å². The van der Waals surface area contributed by atoms with Gasteiger partial charge in [0.05, 0.1) is 6.20 Å². The summed E-state index contributed by atoms with van der Waals surface area (Å²) >= 11 is 0. The van der Waals surface area contributed by atoms with Crippen LogP contribution in [0.4, 0.5) is 13.2 Å². The smallest absolute Gasteiger partial charge is 0.320 e. The van der Waals surface area contributed by atoms with Crippen LogP contribution in [0.2, 0.25) is 0 Å². The predicted octanol–water partition coefficient (Wildman–Crippen LogP) is 2.63. The molecule has 6 heteroatoms. The Kier molecular flexibility index (Phi) is 4.56. The van der Waals surface area contributed by atoms with Crippen LogP contribution >= 0.6 is 0 Å². The molecule has 0 saturated carbocycles. The zero-order chi connectivity index (χ0) is 13.1. The van der Waals surface area contributed by atoms with Gasteiger partial charge >= 0.3 is 6.18 Å². The van der Waals surface area contributed by atoms with Crippen molar-refractivity contribution >= 4 is 0 Å². The second kappa shape index (κ2) is 5.53. The molecule has 1 heterocycles. The minimum Gasteiger partial charge on any atom is -0.320 e. The lowest BCUT2D eigenvalue weighted by atomic mass is 10.1. The highest BCUT2D eigenvalue weighted by atomic mass is 19.4. The van der Waals surface area contributed by atoms with Crippen LogP contribution < -0.4 is 5.32 Å². The van der Waals surface area contributed by atoms with Gasteiger partial charge in [-0.15, -0.1) is 0 Å². The van der Waals surface area contributed by atoms with Crippen LogP contribution in [0.15, 0.2) is 6.20 Å². The molecule has 17 heavy (non-hydrogen) atoms. The molecule has 1 rings (SSSR count). The van der Waals surface area contributed by atoms with E-state index in [9.17, 15) is 13.2 Å². The van der Waals surface area contributed by atoms with E-state index in [4.69, 9.17) is 0 Å². The Labute approximate surface area is 99.0 Å². The van der Waals surface area contributed by atoms with Crippen LogP contribution in [0.5, 0.6) is 0 Å². The Hall–Kier alpha value is -1.04. The normalized spacial score (nSPS) is 12.4. The first-order chi connectivity index (χ1) is 7.88. The van der Waals surface area contributed by atoms with E-state index in [1.54, 1.807) is 20.9 Å². The number of aryl methyl sites for hydroxylation is 1. The van der Waals surface area contributed by atoms with Gasteiger partial charge in [0.1, 0.15) is 5.69 Å². The van der Waals surface area contributed by atoms with E-state index in [1.807, 2.05) is 0 Å². The maximum atomic E-state index is 12.9. The number of halogens is 3. The van der Waals surface area contributed by atoms with Gasteiger partial charge in [0, 0.05) is 11.6 Å². The molecule has 0 saturated heterocycles. The summed E-state index contributed by atoms with van der Waals surface area (Å²) in [7, 11) is 1.78. The highest BCUT2D eigenvalue weighted by Gasteiger charge is 2.38. The fourth-order valence-electron chi connectivity index (χ4n) is 1.74. The van der Waals surface area contributed by atoms with Crippen LogP contribution in [0.25, 0.3) is 0 Å². The maximum absolute atomic E-state index is 12.9. The van der Waals surface area contributed by atoms with Gasteiger partial charge < -0.3 is 5.32 Å². The number of alkyl halides is 3. The molecule has 0 aliphatic rings. The van der Waals surface area contributed by atoms with Crippen LogP contribution in [-0.2, 0) is 12.6 Å². The molecule has 0 aliphatic carbocycles. The lowest BCUT2D eigenvalue weighted by molar-refractivity contribution is -0.145. The van der Waals surface area contributed by atoms with Gasteiger partial charge in [-0.05, 0) is 40.3 Å². The molecule has 0 bridgehead atoms. The molecule has 0 unspecified atom stereocenters. The molecule has 0 amide bonds. The second-order valence-electron chi connectivity index (χ2n) is 4.26. The van der Waals surface area contributed by atoms with Crippen molar-refractivity contribution in [2.24, 2.45) is 0 Å². The zero-order valence-electron chi connectivity index (χ0n) is 10.3. The standard InChI is InChI=1S/C11H18F3N3/c1-8(2)17-10(11(12,13)14)9(7-16-17)5-4-6-15-3/h7-8,15H,4-6H2,1-3H3. The van der Waals surface area contributed by atoms with E-state index in [0.29, 0.717) is 19.4 Å². The number of aromatic nitrogens is 2. The minimum atomic E-state index is -4.34. The average molecular weight is 249 g/mol. The number of hydrogen-bond donors (Lipinski definition) is 1. The number of nitrogens with zero attached hydrogens (tertiary/aromatic N) is 2. The summed E-state index contributed by atoms with van der Waals surface area (Å²) < 4.78 is 39.9. The highest BCUT2D eigenvalue weighted by molar-refractivity contribution is 5.21. The van der Waals surface area contributed by atoms with Crippen molar-refractivity contribution in [3.8, 4) is 0 Å². The predicted molar refractivity (Wildman–Crippen MR) is 59.9 cm³/mol. The van der Waals surface area contributed by atoms with Crippen molar-refractivity contribution in [3.05, 3.63) is 17.5 Å². The quantitative estimate of drug-likeness (QED) is 0.813. The zero-order valence-corrected chi connectivity index (χ0v) is 10.3. The molecule has 0 radical (unpaired) electrons. The first-order valence-corrected chi connectivity index (χ1v) is 5.66. The van der Waals surface area contributed by atoms with E-state index >= 15 is 0 Å². The summed E-state index contributed by atoms with van der Waals surface area (Å²) in [5.41, 5.74) is -0.329. The summed E-state index contributed by atoms with van der Waals surface area (Å²) in [5.74, 6) is 0. The summed E-state index contributed by atoms with van der Waals surface area (Å²) in [6.07, 6.45) is -1.94. The van der Waals surface area contributed by atoms with Crippen molar-refractivity contribution in [1.29, 1.82) is 0 Å². The highest BCUT2D eigenvalue weighted by Crippen LogP contribution is 2.33. The summed E-state index contributed by atoms with van der Waals surface area (Å²) in [5, 5.41) is 6.75. The van der Waals surface area contributed by atoms with Crippen molar-refractivity contribution < 1.29 is 13.2 Å². The molecule has 0 atom stereocenters. The Morgan fingerprint density at radius 2 is 2.06 bits per heavy atom. The van der Waals surface area contributed by atoms with E-state index < -0.39 is 11.9 Å². The van der Waals surface area contributed by atoms with Crippen LogP contribution in [0.3, 0.4) is 0 Å². The third kappa shape index (κ3) is 3.46. The molecule has 1 aromatic rings. The van der Waals surface area contributed by atoms with E-state index in [0.717, 1.165) is 4.68 Å². The molecule has 0 aromatic carbocycles. The molecule has 0 aliphatic heterocycles. The molecular weight excluding hydrogens is 231 g/mol. The Balaban J connectivity index is 2.97. The van der Waals surface area contributed by atoms with Crippen molar-refractivity contribution in [2.45, 2.75) is 38.9 Å². The summed E-state index contributed by atoms with van der Waals surface area (Å²) in [4.78, 5) is 0. The average Bonchev–Trinajstić information content (AvgIpc) is 2.61. The Bertz CT molecular complexity index is 355. The third-order valence-electron chi connectivity index (χ3n) is 2.50. The van der Waals surface area contributed by atoms with E-state index in [2.05, 4.69) is 10.4 Å². The third-order valence-corrected chi connectivity index (χ3v) is 2.50. The van der Waals surface area contributed by atoms with Gasteiger partial charge in [0.15, 0.2) is 0 Å². The molecule has 0 spiro atoms. The molecule has 98 valence electrons. The van der Waals surface area contributed by atoms with Crippen molar-refractivity contribution in [3.63, 3.8) is 0 Å². The monoisotopic (exact) mass is 249 g/mol. The minimum absolute atomic E-state index is 0.279. The maximum Gasteiger partial charge on any atom is 0.433 e. The van der Waals surface area contributed by atoms with Crippen molar-refractivity contribution in [1.82, 2.24) is 15.1 Å². The first kappa shape index (κ1) is 14.0. The molecular formula is C11H18F3N3. The number of nitrogens with one attached hydrogen (secondary N) is 1. The molecule has 1 aromatic heterocycles. The van der Waals surface area contributed by atoms with Gasteiger partial charge in [-0.25, -0.2) is 0 Å². The van der Waals surface area contributed by atoms with Gasteiger partial charge in [0.25, 0.3) is 0 Å². The van der Waals surface area contributed by atoms with Crippen LogP contribution in [-0.4, -0.2) is 23.4 Å². The van der Waals surface area contributed by atoms with Gasteiger partial charge in [-0.2, -0.15) is 18.3 Å². The Morgan fingerprint density at radius 1 is 1.41 bits per heavy atom. The molecule has 1 N–H and O–H groups in total. The fraction of sp³-hybridized carbons (Fsp3) is 0.727. The van der Waals surface area contributed by atoms with Gasteiger partial charge in [-0.1, -0.05) is 0 Å².